The minimum absolute atomic E-state index is 0.278. The molecule has 0 saturated heterocycles. The molecule has 0 aliphatic rings. The van der Waals surface area contributed by atoms with Crippen molar-refractivity contribution in [1.82, 2.24) is 15.2 Å². The number of nitrogens with one attached hydrogen (secondary N) is 1. The normalized spacial score (nSPS) is 11.3. The first kappa shape index (κ1) is 21.1. The maximum atomic E-state index is 12.5. The summed E-state index contributed by atoms with van der Waals surface area (Å²) >= 11 is 0. The van der Waals surface area contributed by atoms with Crippen LogP contribution in [0, 0.1) is 13.8 Å². The molecule has 0 unspecified atom stereocenters. The summed E-state index contributed by atoms with van der Waals surface area (Å²) in [6.07, 6.45) is 0. The van der Waals surface area contributed by atoms with Crippen LogP contribution in [-0.2, 0) is 6.54 Å². The Bertz CT molecular complexity index is 1070. The quantitative estimate of drug-likeness (QED) is 0.479. The summed E-state index contributed by atoms with van der Waals surface area (Å²) in [6, 6.07) is 14.9. The Labute approximate surface area is 176 Å². The molecule has 0 aliphatic carbocycles. The van der Waals surface area contributed by atoms with Crippen molar-refractivity contribution in [2.75, 3.05) is 14.2 Å². The zero-order chi connectivity index (χ0) is 21.7. The number of rotatable bonds is 7. The summed E-state index contributed by atoms with van der Waals surface area (Å²) in [5, 5.41) is 8.69. The highest BCUT2D eigenvalue weighted by Crippen LogP contribution is 2.25. The number of aryl methyl sites for hydroxylation is 2. The van der Waals surface area contributed by atoms with Crippen LogP contribution in [0.25, 0.3) is 0 Å². The number of hydrogen-bond donors (Lipinski definition) is 1. The van der Waals surface area contributed by atoms with Crippen molar-refractivity contribution in [1.29, 1.82) is 0 Å². The number of amides is 1. The molecule has 0 atom stereocenters. The van der Waals surface area contributed by atoms with E-state index in [9.17, 15) is 4.79 Å². The molecule has 0 saturated carbocycles. The zero-order valence-electron chi connectivity index (χ0n) is 17.9. The lowest BCUT2D eigenvalue weighted by molar-refractivity contribution is 0.0955. The van der Waals surface area contributed by atoms with E-state index >= 15 is 0 Å². The van der Waals surface area contributed by atoms with Crippen molar-refractivity contribution in [3.63, 3.8) is 0 Å². The van der Waals surface area contributed by atoms with Crippen LogP contribution in [0.5, 0.6) is 11.5 Å². The maximum Gasteiger partial charge on any atom is 0.271 e. The van der Waals surface area contributed by atoms with E-state index < -0.39 is 0 Å². The van der Waals surface area contributed by atoms with Gasteiger partial charge in [0.1, 0.15) is 11.5 Å². The minimum Gasteiger partial charge on any atom is -0.497 e. The van der Waals surface area contributed by atoms with E-state index in [2.05, 4.69) is 15.6 Å². The largest absolute Gasteiger partial charge is 0.497 e. The molecule has 0 radical (unpaired) electrons. The number of benzene rings is 2. The molecular formula is C23H26N4O3. The molecular weight excluding hydrogens is 380 g/mol. The van der Waals surface area contributed by atoms with Crippen LogP contribution < -0.4 is 14.9 Å². The van der Waals surface area contributed by atoms with Crippen molar-refractivity contribution in [3.8, 4) is 11.5 Å². The fraction of sp³-hybridized carbons (Fsp3) is 0.261. The fourth-order valence-electron chi connectivity index (χ4n) is 3.13. The number of hydrogen-bond acceptors (Lipinski definition) is 5. The van der Waals surface area contributed by atoms with Crippen LogP contribution in [0.1, 0.15) is 39.8 Å². The van der Waals surface area contributed by atoms with Crippen molar-refractivity contribution in [3.05, 3.63) is 76.6 Å². The number of aromatic nitrogens is 2. The number of nitrogens with zero attached hydrogens (tertiary/aromatic N) is 3. The van der Waals surface area contributed by atoms with Gasteiger partial charge in [0.2, 0.25) is 0 Å². The second-order valence-corrected chi connectivity index (χ2v) is 6.99. The fourth-order valence-corrected chi connectivity index (χ4v) is 3.13. The molecule has 2 aromatic carbocycles. The molecule has 7 heteroatoms. The predicted octanol–water partition coefficient (Wildman–Crippen LogP) is 3.72. The third-order valence-electron chi connectivity index (χ3n) is 4.78. The minimum atomic E-state index is -0.278. The molecule has 3 rings (SSSR count). The number of carbonyl (C=O) groups excluding carboxylic acids is 1. The van der Waals surface area contributed by atoms with E-state index in [1.54, 1.807) is 32.4 Å². The lowest BCUT2D eigenvalue weighted by atomic mass is 10.1. The lowest BCUT2D eigenvalue weighted by Crippen LogP contribution is -2.19. The Morgan fingerprint density at radius 3 is 2.40 bits per heavy atom. The van der Waals surface area contributed by atoms with Gasteiger partial charge >= 0.3 is 0 Å². The van der Waals surface area contributed by atoms with E-state index in [1.165, 1.54) is 0 Å². The molecule has 0 spiro atoms. The first-order chi connectivity index (χ1) is 14.4. The summed E-state index contributed by atoms with van der Waals surface area (Å²) in [5.41, 5.74) is 7.71. The van der Waals surface area contributed by atoms with Crippen LogP contribution in [-0.4, -0.2) is 35.6 Å². The summed E-state index contributed by atoms with van der Waals surface area (Å²) in [4.78, 5) is 12.5. The number of carbonyl (C=O) groups is 1. The van der Waals surface area contributed by atoms with Gasteiger partial charge in [-0.2, -0.15) is 10.2 Å². The zero-order valence-corrected chi connectivity index (χ0v) is 17.9. The molecule has 1 amide bonds. The highest BCUT2D eigenvalue weighted by molar-refractivity contribution is 6.02. The van der Waals surface area contributed by atoms with Crippen molar-refractivity contribution in [2.24, 2.45) is 5.10 Å². The molecule has 0 bridgehead atoms. The second kappa shape index (κ2) is 9.26. The Balaban J connectivity index is 1.68. The molecule has 3 aromatic rings. The Morgan fingerprint density at radius 1 is 1.07 bits per heavy atom. The van der Waals surface area contributed by atoms with Gasteiger partial charge in [0, 0.05) is 22.9 Å². The molecule has 1 aromatic heterocycles. The third kappa shape index (κ3) is 4.86. The van der Waals surface area contributed by atoms with E-state index in [1.807, 2.05) is 55.8 Å². The molecule has 1 heterocycles. The van der Waals surface area contributed by atoms with Gasteiger partial charge in [-0.3, -0.25) is 9.48 Å². The first-order valence-electron chi connectivity index (χ1n) is 9.58. The molecule has 0 fully saturated rings. The van der Waals surface area contributed by atoms with Crippen LogP contribution in [0.2, 0.25) is 0 Å². The average molecular weight is 406 g/mol. The summed E-state index contributed by atoms with van der Waals surface area (Å²) in [5.74, 6) is 1.03. The number of methoxy groups -OCH3 is 2. The third-order valence-corrected chi connectivity index (χ3v) is 4.78. The molecule has 7 nitrogen and oxygen atoms in total. The van der Waals surface area contributed by atoms with Crippen molar-refractivity contribution in [2.45, 2.75) is 27.3 Å². The molecule has 0 aliphatic heterocycles. The van der Waals surface area contributed by atoms with Gasteiger partial charge in [0.05, 0.1) is 32.2 Å². The lowest BCUT2D eigenvalue weighted by Gasteiger charge is -2.10. The monoisotopic (exact) mass is 406 g/mol. The van der Waals surface area contributed by atoms with Gasteiger partial charge in [0.15, 0.2) is 0 Å². The Hall–Kier alpha value is -3.61. The van der Waals surface area contributed by atoms with Crippen LogP contribution in [0.15, 0.2) is 53.6 Å². The van der Waals surface area contributed by atoms with Gasteiger partial charge in [-0.1, -0.05) is 12.1 Å². The maximum absolute atomic E-state index is 12.5. The second-order valence-electron chi connectivity index (χ2n) is 6.99. The Morgan fingerprint density at radius 2 is 1.80 bits per heavy atom. The van der Waals surface area contributed by atoms with E-state index in [0.29, 0.717) is 29.3 Å². The number of ether oxygens (including phenoxy) is 2. The van der Waals surface area contributed by atoms with Crippen LogP contribution >= 0.6 is 0 Å². The van der Waals surface area contributed by atoms with Gasteiger partial charge in [-0.05, 0) is 56.7 Å². The smallest absolute Gasteiger partial charge is 0.271 e. The summed E-state index contributed by atoms with van der Waals surface area (Å²) < 4.78 is 12.5. The average Bonchev–Trinajstić information content (AvgIpc) is 3.08. The van der Waals surface area contributed by atoms with E-state index in [-0.39, 0.29) is 5.91 Å². The Kier molecular flexibility index (Phi) is 6.51. The summed E-state index contributed by atoms with van der Waals surface area (Å²) in [6.45, 7) is 6.47. The molecule has 30 heavy (non-hydrogen) atoms. The topological polar surface area (TPSA) is 77.7 Å². The van der Waals surface area contributed by atoms with Gasteiger partial charge < -0.3 is 9.47 Å². The van der Waals surface area contributed by atoms with E-state index in [0.717, 1.165) is 22.5 Å². The SMILES string of the molecule is COc1ccc(C(C)=NNC(=O)c2ccc(Cn3nc(C)cc3C)cc2)c(OC)c1. The number of hydrazone groups is 1. The summed E-state index contributed by atoms with van der Waals surface area (Å²) in [7, 11) is 3.18. The highest BCUT2D eigenvalue weighted by Gasteiger charge is 2.10. The van der Waals surface area contributed by atoms with Crippen LogP contribution in [0.4, 0.5) is 0 Å². The van der Waals surface area contributed by atoms with Gasteiger partial charge in [0.25, 0.3) is 5.91 Å². The molecule has 156 valence electrons. The van der Waals surface area contributed by atoms with Crippen molar-refractivity contribution < 1.29 is 14.3 Å². The van der Waals surface area contributed by atoms with Crippen molar-refractivity contribution >= 4 is 11.6 Å². The van der Waals surface area contributed by atoms with Gasteiger partial charge in [-0.15, -0.1) is 0 Å². The van der Waals surface area contributed by atoms with E-state index in [4.69, 9.17) is 9.47 Å². The standard InChI is InChI=1S/C23H26N4O3/c1-15-12-16(2)27(26-15)14-18-6-8-19(9-7-18)23(28)25-24-17(3)21-11-10-20(29-4)13-22(21)30-5/h6-13H,14H2,1-5H3,(H,25,28). The highest BCUT2D eigenvalue weighted by atomic mass is 16.5. The van der Waals surface area contributed by atoms with Gasteiger partial charge in [-0.25, -0.2) is 5.43 Å². The first-order valence-corrected chi connectivity index (χ1v) is 9.58. The predicted molar refractivity (Wildman–Crippen MR) is 116 cm³/mol. The molecule has 1 N–H and O–H groups in total. The van der Waals surface area contributed by atoms with Crippen LogP contribution in [0.3, 0.4) is 0 Å².